The summed E-state index contributed by atoms with van der Waals surface area (Å²) < 4.78 is 34.5. The summed E-state index contributed by atoms with van der Waals surface area (Å²) in [5, 5.41) is 4.16. The van der Waals surface area contributed by atoms with E-state index >= 15 is 0 Å². The second kappa shape index (κ2) is 9.70. The van der Waals surface area contributed by atoms with Crippen molar-refractivity contribution in [3.63, 3.8) is 0 Å². The van der Waals surface area contributed by atoms with Crippen LogP contribution in [0.15, 0.2) is 35.4 Å². The average molecular weight is 409 g/mol. The van der Waals surface area contributed by atoms with Gasteiger partial charge in [-0.3, -0.25) is 9.40 Å². The summed E-state index contributed by atoms with van der Waals surface area (Å²) in [7, 11) is -3.75. The molecule has 0 saturated heterocycles. The van der Waals surface area contributed by atoms with E-state index in [9.17, 15) is 13.2 Å². The van der Waals surface area contributed by atoms with E-state index in [1.807, 2.05) is 6.92 Å². The zero-order valence-corrected chi connectivity index (χ0v) is 17.6. The monoisotopic (exact) mass is 408 g/mol. The number of hydrogen-bond acceptors (Lipinski definition) is 6. The third-order valence-corrected chi connectivity index (χ3v) is 5.91. The molecule has 1 heterocycles. The van der Waals surface area contributed by atoms with Crippen LogP contribution >= 0.6 is 0 Å². The number of nitrogens with one attached hydrogen (secondary N) is 1. The Morgan fingerprint density at radius 2 is 1.82 bits per heavy atom. The highest BCUT2D eigenvalue weighted by molar-refractivity contribution is 7.92. The number of nitrogens with zero attached hydrogens (tertiary/aromatic N) is 3. The van der Waals surface area contributed by atoms with Gasteiger partial charge in [-0.2, -0.15) is 5.10 Å². The first-order valence-electron chi connectivity index (χ1n) is 9.37. The average Bonchev–Trinajstić information content (AvgIpc) is 3.07. The Balaban J connectivity index is 2.00. The van der Waals surface area contributed by atoms with Crippen molar-refractivity contribution in [2.24, 2.45) is 0 Å². The standard InChI is InChI=1S/C19H28N4O4S/c1-5-22(6-2)12-13-27-19(24)16-8-10-17(11-9-16)21-28(25,26)18-14-23(7-3)20-15(18)4/h8-11,14,21H,5-7,12-13H2,1-4H3. The van der Waals surface area contributed by atoms with Crippen LogP contribution < -0.4 is 4.72 Å². The van der Waals surface area contributed by atoms with Gasteiger partial charge >= 0.3 is 5.97 Å². The predicted octanol–water partition coefficient (Wildman–Crippen LogP) is 2.51. The quantitative estimate of drug-likeness (QED) is 0.607. The van der Waals surface area contributed by atoms with E-state index in [2.05, 4.69) is 28.6 Å². The van der Waals surface area contributed by atoms with Crippen molar-refractivity contribution in [2.45, 2.75) is 39.1 Å². The van der Waals surface area contributed by atoms with Gasteiger partial charge in [-0.15, -0.1) is 0 Å². The molecule has 0 amide bonds. The van der Waals surface area contributed by atoms with E-state index in [0.717, 1.165) is 13.1 Å². The third kappa shape index (κ3) is 5.56. The van der Waals surface area contributed by atoms with Crippen LogP contribution in [-0.2, 0) is 21.3 Å². The first-order chi connectivity index (χ1) is 13.3. The molecular formula is C19H28N4O4S. The van der Waals surface area contributed by atoms with Gasteiger partial charge < -0.3 is 9.64 Å². The summed E-state index contributed by atoms with van der Waals surface area (Å²) in [5.74, 6) is -0.429. The molecule has 0 atom stereocenters. The van der Waals surface area contributed by atoms with Gasteiger partial charge in [0.1, 0.15) is 11.5 Å². The molecule has 1 aromatic heterocycles. The fourth-order valence-electron chi connectivity index (χ4n) is 2.70. The van der Waals surface area contributed by atoms with Gasteiger partial charge in [0.15, 0.2) is 0 Å². The van der Waals surface area contributed by atoms with Crippen molar-refractivity contribution in [3.8, 4) is 0 Å². The first-order valence-corrected chi connectivity index (χ1v) is 10.8. The summed E-state index contributed by atoms with van der Waals surface area (Å²) in [6.07, 6.45) is 1.50. The Bertz CT molecular complexity index is 887. The number of benzene rings is 1. The summed E-state index contributed by atoms with van der Waals surface area (Å²) in [5.41, 5.74) is 1.17. The van der Waals surface area contributed by atoms with E-state index in [1.165, 1.54) is 18.3 Å². The molecule has 154 valence electrons. The normalized spacial score (nSPS) is 11.6. The fraction of sp³-hybridized carbons (Fsp3) is 0.474. The van der Waals surface area contributed by atoms with Crippen LogP contribution in [0.4, 0.5) is 5.69 Å². The zero-order chi connectivity index (χ0) is 20.7. The summed E-state index contributed by atoms with van der Waals surface area (Å²) in [6.45, 7) is 11.0. The van der Waals surface area contributed by atoms with Crippen LogP contribution in [0.2, 0.25) is 0 Å². The minimum atomic E-state index is -3.75. The number of sulfonamides is 1. The summed E-state index contributed by atoms with van der Waals surface area (Å²) >= 11 is 0. The number of anilines is 1. The maximum Gasteiger partial charge on any atom is 0.338 e. The van der Waals surface area contributed by atoms with Crippen LogP contribution in [-0.4, -0.2) is 55.3 Å². The Hall–Kier alpha value is -2.39. The number of carbonyl (C=O) groups excluding carboxylic acids is 1. The van der Waals surface area contributed by atoms with E-state index < -0.39 is 16.0 Å². The van der Waals surface area contributed by atoms with Gasteiger partial charge in [-0.05, 0) is 51.2 Å². The summed E-state index contributed by atoms with van der Waals surface area (Å²) in [4.78, 5) is 14.4. The number of hydrogen-bond donors (Lipinski definition) is 1. The Morgan fingerprint density at radius 1 is 1.18 bits per heavy atom. The van der Waals surface area contributed by atoms with Crippen molar-refractivity contribution in [1.29, 1.82) is 0 Å². The van der Waals surface area contributed by atoms with Crippen LogP contribution in [0.5, 0.6) is 0 Å². The zero-order valence-electron chi connectivity index (χ0n) is 16.8. The number of esters is 1. The number of ether oxygens (including phenoxy) is 1. The second-order valence-electron chi connectivity index (χ2n) is 6.28. The molecule has 0 unspecified atom stereocenters. The molecule has 0 radical (unpaired) electrons. The highest BCUT2D eigenvalue weighted by atomic mass is 32.2. The highest BCUT2D eigenvalue weighted by Gasteiger charge is 2.20. The van der Waals surface area contributed by atoms with Crippen molar-refractivity contribution >= 4 is 21.7 Å². The van der Waals surface area contributed by atoms with Gasteiger partial charge in [0, 0.05) is 25.0 Å². The van der Waals surface area contributed by atoms with Crippen LogP contribution in [0.3, 0.4) is 0 Å². The molecule has 2 rings (SSSR count). The lowest BCUT2D eigenvalue weighted by atomic mass is 10.2. The molecule has 28 heavy (non-hydrogen) atoms. The molecule has 0 aliphatic rings. The molecule has 1 aromatic carbocycles. The SMILES string of the molecule is CCN(CC)CCOC(=O)c1ccc(NS(=O)(=O)c2cn(CC)nc2C)cc1. The minimum absolute atomic E-state index is 0.134. The molecule has 8 nitrogen and oxygen atoms in total. The van der Waals surface area contributed by atoms with Crippen molar-refractivity contribution < 1.29 is 17.9 Å². The Morgan fingerprint density at radius 3 is 2.36 bits per heavy atom. The largest absolute Gasteiger partial charge is 0.461 e. The molecule has 0 aliphatic carbocycles. The molecule has 0 aliphatic heterocycles. The van der Waals surface area contributed by atoms with E-state index in [-0.39, 0.29) is 4.90 Å². The van der Waals surface area contributed by atoms with Crippen LogP contribution in [0.25, 0.3) is 0 Å². The van der Waals surface area contributed by atoms with Gasteiger partial charge in [0.25, 0.3) is 10.0 Å². The smallest absolute Gasteiger partial charge is 0.338 e. The molecule has 9 heteroatoms. The lowest BCUT2D eigenvalue weighted by Gasteiger charge is -2.17. The molecule has 0 spiro atoms. The van der Waals surface area contributed by atoms with E-state index in [0.29, 0.717) is 36.6 Å². The Labute approximate surface area is 166 Å². The molecular weight excluding hydrogens is 380 g/mol. The van der Waals surface area contributed by atoms with Crippen LogP contribution in [0.1, 0.15) is 36.8 Å². The Kier molecular flexibility index (Phi) is 7.59. The van der Waals surface area contributed by atoms with E-state index in [1.54, 1.807) is 23.7 Å². The van der Waals surface area contributed by atoms with Gasteiger partial charge in [-0.25, -0.2) is 13.2 Å². The van der Waals surface area contributed by atoms with Crippen molar-refractivity contribution in [1.82, 2.24) is 14.7 Å². The third-order valence-electron chi connectivity index (χ3n) is 4.42. The van der Waals surface area contributed by atoms with Crippen molar-refractivity contribution in [2.75, 3.05) is 31.0 Å². The van der Waals surface area contributed by atoms with Gasteiger partial charge in [0.05, 0.1) is 11.3 Å². The number of aromatic nitrogens is 2. The predicted molar refractivity (Wildman–Crippen MR) is 108 cm³/mol. The highest BCUT2D eigenvalue weighted by Crippen LogP contribution is 2.19. The molecule has 1 N–H and O–H groups in total. The number of rotatable bonds is 10. The van der Waals surface area contributed by atoms with Gasteiger partial charge in [0.2, 0.25) is 0 Å². The minimum Gasteiger partial charge on any atom is -0.461 e. The lowest BCUT2D eigenvalue weighted by molar-refractivity contribution is 0.0466. The topological polar surface area (TPSA) is 93.5 Å². The lowest BCUT2D eigenvalue weighted by Crippen LogP contribution is -2.27. The molecule has 0 fully saturated rings. The molecule has 0 bridgehead atoms. The first kappa shape index (κ1) is 21.9. The molecule has 0 saturated carbocycles. The fourth-order valence-corrected chi connectivity index (χ4v) is 3.95. The number of aryl methyl sites for hydroxylation is 2. The maximum atomic E-state index is 12.6. The number of likely N-dealkylation sites (N-methyl/N-ethyl adjacent to an activating group) is 1. The maximum absolute atomic E-state index is 12.6. The van der Waals surface area contributed by atoms with E-state index in [4.69, 9.17) is 4.74 Å². The van der Waals surface area contributed by atoms with Crippen LogP contribution in [0, 0.1) is 6.92 Å². The van der Waals surface area contributed by atoms with Gasteiger partial charge in [-0.1, -0.05) is 13.8 Å². The van der Waals surface area contributed by atoms with Crippen molar-refractivity contribution in [3.05, 3.63) is 41.7 Å². The molecule has 2 aromatic rings. The number of carbonyl (C=O) groups is 1. The summed E-state index contributed by atoms with van der Waals surface area (Å²) in [6, 6.07) is 6.16. The second-order valence-corrected chi connectivity index (χ2v) is 7.93.